The predicted octanol–water partition coefficient (Wildman–Crippen LogP) is 3.60. The molecule has 0 radical (unpaired) electrons. The molecule has 3 heterocycles. The van der Waals surface area contributed by atoms with Gasteiger partial charge in [-0.3, -0.25) is 4.79 Å². The van der Waals surface area contributed by atoms with Crippen LogP contribution in [0.15, 0.2) is 53.1 Å². The van der Waals surface area contributed by atoms with Crippen LogP contribution in [0.1, 0.15) is 22.5 Å². The third-order valence-electron chi connectivity index (χ3n) is 5.76. The van der Waals surface area contributed by atoms with E-state index in [1.54, 1.807) is 36.4 Å². The minimum absolute atomic E-state index is 0.0469. The van der Waals surface area contributed by atoms with Gasteiger partial charge in [0.2, 0.25) is 0 Å². The Balaban J connectivity index is 1.43. The maximum Gasteiger partial charge on any atom is 0.276 e. The summed E-state index contributed by atoms with van der Waals surface area (Å²) in [4.78, 5) is 15.0. The van der Waals surface area contributed by atoms with E-state index in [-0.39, 0.29) is 23.7 Å². The molecule has 2 aliphatic heterocycles. The Morgan fingerprint density at radius 1 is 1.09 bits per heavy atom. The summed E-state index contributed by atoms with van der Waals surface area (Å²) in [5, 5.41) is 4.48. The Morgan fingerprint density at radius 2 is 1.88 bits per heavy atom. The third-order valence-corrected chi connectivity index (χ3v) is 7.88. The lowest BCUT2D eigenvalue weighted by atomic mass is 10.1. The zero-order valence-corrected chi connectivity index (χ0v) is 19.1. The minimum atomic E-state index is -3.20. The Hall–Kier alpha value is -3.04. The van der Waals surface area contributed by atoms with Gasteiger partial charge in [-0.25, -0.2) is 8.42 Å². The lowest BCUT2D eigenvalue weighted by Crippen LogP contribution is -2.40. The van der Waals surface area contributed by atoms with Crippen LogP contribution >= 0.6 is 11.6 Å². The SMILES string of the molecule is O=C(c1cc(-c2ccc3c(c2)OCCO3)on1)N(Cc1ccccc1Cl)[C@H]1CCS(=O)(=O)C1. The molecule has 1 saturated heterocycles. The van der Waals surface area contributed by atoms with Crippen molar-refractivity contribution >= 4 is 27.3 Å². The largest absolute Gasteiger partial charge is 0.486 e. The van der Waals surface area contributed by atoms with Gasteiger partial charge < -0.3 is 18.9 Å². The lowest BCUT2D eigenvalue weighted by molar-refractivity contribution is 0.0670. The number of rotatable bonds is 5. The molecule has 1 amide bonds. The molecule has 1 aromatic heterocycles. The van der Waals surface area contributed by atoms with Crippen LogP contribution in [0, 0.1) is 0 Å². The zero-order chi connectivity index (χ0) is 23.0. The van der Waals surface area contributed by atoms with Gasteiger partial charge >= 0.3 is 0 Å². The second-order valence-electron chi connectivity index (χ2n) is 8.02. The fraction of sp³-hybridized carbons (Fsp3) is 0.304. The van der Waals surface area contributed by atoms with Crippen molar-refractivity contribution in [3.05, 3.63) is 64.8 Å². The highest BCUT2D eigenvalue weighted by Gasteiger charge is 2.36. The number of nitrogens with zero attached hydrogens (tertiary/aromatic N) is 2. The summed E-state index contributed by atoms with van der Waals surface area (Å²) in [5.41, 5.74) is 1.51. The fourth-order valence-electron chi connectivity index (χ4n) is 4.05. The monoisotopic (exact) mass is 488 g/mol. The van der Waals surface area contributed by atoms with E-state index in [4.69, 9.17) is 25.6 Å². The number of hydrogen-bond acceptors (Lipinski definition) is 7. The standard InChI is InChI=1S/C23H21ClN2O6S/c24-18-4-2-1-3-16(18)13-26(17-7-10-33(28,29)14-17)23(27)19-12-21(32-25-19)15-5-6-20-22(11-15)31-9-8-30-20/h1-6,11-12,17H,7-10,13-14H2/t17-/m0/s1. The summed E-state index contributed by atoms with van der Waals surface area (Å²) in [6, 6.07) is 13.6. The van der Waals surface area contributed by atoms with Gasteiger partial charge in [-0.2, -0.15) is 0 Å². The Morgan fingerprint density at radius 3 is 2.64 bits per heavy atom. The molecule has 0 N–H and O–H groups in total. The lowest BCUT2D eigenvalue weighted by Gasteiger charge is -2.28. The quantitative estimate of drug-likeness (QED) is 0.541. The van der Waals surface area contributed by atoms with E-state index >= 15 is 0 Å². The van der Waals surface area contributed by atoms with Crippen molar-refractivity contribution in [1.82, 2.24) is 10.1 Å². The molecule has 0 saturated carbocycles. The Labute approximate surface area is 195 Å². The summed E-state index contributed by atoms with van der Waals surface area (Å²) in [6.45, 7) is 1.12. The number of carbonyl (C=O) groups excluding carboxylic acids is 1. The minimum Gasteiger partial charge on any atom is -0.486 e. The summed E-state index contributed by atoms with van der Waals surface area (Å²) >= 11 is 6.31. The molecular weight excluding hydrogens is 468 g/mol. The molecule has 172 valence electrons. The van der Waals surface area contributed by atoms with Crippen molar-refractivity contribution in [2.75, 3.05) is 24.7 Å². The molecule has 1 fully saturated rings. The topological polar surface area (TPSA) is 98.9 Å². The number of ether oxygens (including phenoxy) is 2. The first kappa shape index (κ1) is 21.8. The molecule has 10 heteroatoms. The average molecular weight is 489 g/mol. The van der Waals surface area contributed by atoms with Gasteiger partial charge in [0.05, 0.1) is 11.5 Å². The van der Waals surface area contributed by atoms with Crippen LogP contribution in [0.2, 0.25) is 5.02 Å². The predicted molar refractivity (Wildman–Crippen MR) is 121 cm³/mol. The van der Waals surface area contributed by atoms with Crippen molar-refractivity contribution < 1.29 is 27.2 Å². The molecule has 3 aromatic rings. The van der Waals surface area contributed by atoms with E-state index in [1.807, 2.05) is 12.1 Å². The van der Waals surface area contributed by atoms with Crippen LogP contribution in [0.3, 0.4) is 0 Å². The maximum atomic E-state index is 13.5. The smallest absolute Gasteiger partial charge is 0.276 e. The van der Waals surface area contributed by atoms with E-state index in [9.17, 15) is 13.2 Å². The van der Waals surface area contributed by atoms with Gasteiger partial charge in [-0.1, -0.05) is 35.0 Å². The molecule has 0 unspecified atom stereocenters. The van der Waals surface area contributed by atoms with Crippen molar-refractivity contribution in [2.24, 2.45) is 0 Å². The number of halogens is 1. The highest BCUT2D eigenvalue weighted by Crippen LogP contribution is 2.35. The maximum absolute atomic E-state index is 13.5. The van der Waals surface area contributed by atoms with E-state index in [1.165, 1.54) is 4.90 Å². The van der Waals surface area contributed by atoms with Crippen LogP contribution in [0.25, 0.3) is 11.3 Å². The highest BCUT2D eigenvalue weighted by atomic mass is 35.5. The van der Waals surface area contributed by atoms with Crippen LogP contribution in [0.5, 0.6) is 11.5 Å². The summed E-state index contributed by atoms with van der Waals surface area (Å²) < 4.78 is 40.8. The number of sulfone groups is 1. The number of aromatic nitrogens is 1. The molecule has 0 bridgehead atoms. The molecular formula is C23H21ClN2O6S. The molecule has 33 heavy (non-hydrogen) atoms. The first-order valence-electron chi connectivity index (χ1n) is 10.5. The van der Waals surface area contributed by atoms with Gasteiger partial charge in [0.15, 0.2) is 32.8 Å². The first-order valence-corrected chi connectivity index (χ1v) is 12.7. The first-order chi connectivity index (χ1) is 15.9. The second-order valence-corrected chi connectivity index (χ2v) is 10.7. The number of amides is 1. The molecule has 2 aromatic carbocycles. The second kappa shape index (κ2) is 8.72. The van der Waals surface area contributed by atoms with Gasteiger partial charge in [0.25, 0.3) is 5.91 Å². The number of fused-ring (bicyclic) bond motifs is 1. The highest BCUT2D eigenvalue weighted by molar-refractivity contribution is 7.91. The van der Waals surface area contributed by atoms with Crippen LogP contribution in [-0.2, 0) is 16.4 Å². The summed E-state index contributed by atoms with van der Waals surface area (Å²) in [5.74, 6) is 1.19. The molecule has 0 spiro atoms. The molecule has 8 nitrogen and oxygen atoms in total. The Kier molecular flexibility index (Phi) is 5.76. The van der Waals surface area contributed by atoms with Crippen LogP contribution in [-0.4, -0.2) is 55.1 Å². The fourth-order valence-corrected chi connectivity index (χ4v) is 5.98. The number of hydrogen-bond donors (Lipinski definition) is 0. The normalized spacial score (nSPS) is 18.8. The van der Waals surface area contributed by atoms with Crippen molar-refractivity contribution in [2.45, 2.75) is 19.0 Å². The van der Waals surface area contributed by atoms with Gasteiger partial charge in [0.1, 0.15) is 13.2 Å². The van der Waals surface area contributed by atoms with E-state index < -0.39 is 21.8 Å². The van der Waals surface area contributed by atoms with Crippen molar-refractivity contribution in [3.63, 3.8) is 0 Å². The third kappa shape index (κ3) is 4.56. The summed E-state index contributed by atoms with van der Waals surface area (Å²) in [6.07, 6.45) is 0.366. The zero-order valence-electron chi connectivity index (χ0n) is 17.6. The van der Waals surface area contributed by atoms with Crippen LogP contribution in [0.4, 0.5) is 0 Å². The van der Waals surface area contributed by atoms with Crippen LogP contribution < -0.4 is 9.47 Å². The van der Waals surface area contributed by atoms with Crippen molar-refractivity contribution in [3.8, 4) is 22.8 Å². The molecule has 2 aliphatic rings. The van der Waals surface area contributed by atoms with Crippen molar-refractivity contribution in [1.29, 1.82) is 0 Å². The van der Waals surface area contributed by atoms with E-state index in [0.29, 0.717) is 47.5 Å². The molecule has 0 aliphatic carbocycles. The van der Waals surface area contributed by atoms with E-state index in [2.05, 4.69) is 5.16 Å². The van der Waals surface area contributed by atoms with Gasteiger partial charge in [-0.05, 0) is 36.2 Å². The van der Waals surface area contributed by atoms with Gasteiger partial charge in [-0.15, -0.1) is 0 Å². The van der Waals surface area contributed by atoms with E-state index in [0.717, 1.165) is 5.56 Å². The molecule has 5 rings (SSSR count). The summed E-state index contributed by atoms with van der Waals surface area (Å²) in [7, 11) is -3.20. The average Bonchev–Trinajstić information content (AvgIpc) is 3.44. The molecule has 1 atom stereocenters. The number of benzene rings is 2. The number of carbonyl (C=O) groups is 1. The van der Waals surface area contributed by atoms with Gasteiger partial charge in [0, 0.05) is 29.2 Å². The Bertz CT molecular complexity index is 1310.